The number of hydrogen-bond donors (Lipinski definition) is 0. The Morgan fingerprint density at radius 3 is 2.36 bits per heavy atom. The van der Waals surface area contributed by atoms with Crippen LogP contribution in [0.1, 0.15) is 62.7 Å². The van der Waals surface area contributed by atoms with Crippen molar-refractivity contribution in [2.45, 2.75) is 58.5 Å². The molecule has 0 radical (unpaired) electrons. The fraction of sp³-hybridized carbons (Fsp3) is 0.393. The molecule has 0 aliphatic carbocycles. The zero-order valence-electron chi connectivity index (χ0n) is 19.9. The van der Waals surface area contributed by atoms with Crippen LogP contribution in [0.15, 0.2) is 69.7 Å². The maximum absolute atomic E-state index is 13.1. The molecule has 1 aliphatic heterocycles. The number of carbonyl (C=O) groups is 1. The molecule has 33 heavy (non-hydrogen) atoms. The molecule has 0 spiro atoms. The molecule has 0 atom stereocenters. The number of carbonyl (C=O) groups excluding carboxylic acids is 1. The lowest BCUT2D eigenvalue weighted by Crippen LogP contribution is -2.29. The highest BCUT2D eigenvalue weighted by molar-refractivity contribution is 5.91. The van der Waals surface area contributed by atoms with Gasteiger partial charge in [-0.15, -0.1) is 0 Å². The van der Waals surface area contributed by atoms with Crippen LogP contribution in [0.4, 0.5) is 5.88 Å². The minimum Gasteiger partial charge on any atom is -0.467 e. The molecule has 1 amide bonds. The quantitative estimate of drug-likeness (QED) is 0.394. The topological polar surface area (TPSA) is 49.8 Å². The van der Waals surface area contributed by atoms with Gasteiger partial charge < -0.3 is 18.6 Å². The lowest BCUT2D eigenvalue weighted by Gasteiger charge is -2.26. The van der Waals surface area contributed by atoms with E-state index in [4.69, 9.17) is 8.83 Å². The van der Waals surface area contributed by atoms with E-state index >= 15 is 0 Å². The number of rotatable bonds is 7. The van der Waals surface area contributed by atoms with E-state index in [0.29, 0.717) is 13.1 Å². The van der Waals surface area contributed by atoms with Crippen LogP contribution >= 0.6 is 0 Å². The third kappa shape index (κ3) is 6.19. The summed E-state index contributed by atoms with van der Waals surface area (Å²) in [4.78, 5) is 17.2. The lowest BCUT2D eigenvalue weighted by atomic mass is 9.87. The summed E-state index contributed by atoms with van der Waals surface area (Å²) < 4.78 is 11.6. The largest absolute Gasteiger partial charge is 0.467 e. The Labute approximate surface area is 196 Å². The Hall–Kier alpha value is -3.21. The summed E-state index contributed by atoms with van der Waals surface area (Å²) in [6, 6.07) is 16.1. The SMILES string of the molecule is CC(C)(C)c1ccc(/C=C/C(=O)N(Cc2ccco2)Cc2ccc(N3CCCCC3)o2)cc1. The van der Waals surface area contributed by atoms with E-state index in [0.717, 1.165) is 36.1 Å². The smallest absolute Gasteiger partial charge is 0.247 e. The highest BCUT2D eigenvalue weighted by Crippen LogP contribution is 2.25. The van der Waals surface area contributed by atoms with Gasteiger partial charge in [-0.25, -0.2) is 0 Å². The van der Waals surface area contributed by atoms with E-state index in [1.807, 2.05) is 30.3 Å². The number of nitrogens with zero attached hydrogens (tertiary/aromatic N) is 2. The van der Waals surface area contributed by atoms with E-state index in [2.05, 4.69) is 49.9 Å². The van der Waals surface area contributed by atoms with Crippen molar-refractivity contribution >= 4 is 17.9 Å². The van der Waals surface area contributed by atoms with Gasteiger partial charge in [0.2, 0.25) is 5.91 Å². The molecule has 1 fully saturated rings. The number of hydrogen-bond acceptors (Lipinski definition) is 4. The Bertz CT molecular complexity index is 1050. The van der Waals surface area contributed by atoms with E-state index in [9.17, 15) is 4.79 Å². The molecule has 1 aromatic carbocycles. The van der Waals surface area contributed by atoms with Gasteiger partial charge in [-0.1, -0.05) is 45.0 Å². The molecule has 5 nitrogen and oxygen atoms in total. The van der Waals surface area contributed by atoms with Crippen LogP contribution in [-0.2, 0) is 23.3 Å². The minimum atomic E-state index is -0.0813. The van der Waals surface area contributed by atoms with Crippen molar-refractivity contribution in [3.63, 3.8) is 0 Å². The summed E-state index contributed by atoms with van der Waals surface area (Å²) in [7, 11) is 0. The van der Waals surface area contributed by atoms with Gasteiger partial charge in [0, 0.05) is 25.2 Å². The Morgan fingerprint density at radius 2 is 1.70 bits per heavy atom. The van der Waals surface area contributed by atoms with Crippen molar-refractivity contribution in [2.75, 3.05) is 18.0 Å². The first kappa shape index (κ1) is 23.0. The Kier molecular flexibility index (Phi) is 7.07. The molecular formula is C28H34N2O3. The molecule has 1 aliphatic rings. The van der Waals surface area contributed by atoms with Crippen molar-refractivity contribution in [2.24, 2.45) is 0 Å². The van der Waals surface area contributed by atoms with Crippen LogP contribution in [0.2, 0.25) is 0 Å². The average Bonchev–Trinajstić information content (AvgIpc) is 3.50. The summed E-state index contributed by atoms with van der Waals surface area (Å²) in [5.74, 6) is 2.33. The second kappa shape index (κ2) is 10.2. The molecular weight excluding hydrogens is 412 g/mol. The second-order valence-electron chi connectivity index (χ2n) is 9.77. The molecule has 0 N–H and O–H groups in total. The van der Waals surface area contributed by atoms with Crippen LogP contribution in [0.5, 0.6) is 0 Å². The van der Waals surface area contributed by atoms with Crippen molar-refractivity contribution in [1.29, 1.82) is 0 Å². The Balaban J connectivity index is 1.46. The second-order valence-corrected chi connectivity index (χ2v) is 9.77. The van der Waals surface area contributed by atoms with Gasteiger partial charge in [-0.3, -0.25) is 4.79 Å². The number of benzene rings is 1. The first-order chi connectivity index (χ1) is 15.9. The molecule has 2 aromatic heterocycles. The van der Waals surface area contributed by atoms with Gasteiger partial charge in [0.25, 0.3) is 0 Å². The number of furan rings is 2. The summed E-state index contributed by atoms with van der Waals surface area (Å²) >= 11 is 0. The maximum atomic E-state index is 13.1. The van der Waals surface area contributed by atoms with Gasteiger partial charge in [0.15, 0.2) is 5.88 Å². The van der Waals surface area contributed by atoms with Crippen LogP contribution in [-0.4, -0.2) is 23.9 Å². The van der Waals surface area contributed by atoms with Crippen LogP contribution in [0, 0.1) is 0 Å². The molecule has 0 saturated carbocycles. The zero-order chi connectivity index (χ0) is 23.3. The van der Waals surface area contributed by atoms with Crippen molar-refractivity contribution in [3.05, 3.63) is 83.5 Å². The number of amides is 1. The first-order valence-corrected chi connectivity index (χ1v) is 11.8. The predicted molar refractivity (Wildman–Crippen MR) is 132 cm³/mol. The highest BCUT2D eigenvalue weighted by Gasteiger charge is 2.19. The lowest BCUT2D eigenvalue weighted by molar-refractivity contribution is -0.127. The van der Waals surface area contributed by atoms with Gasteiger partial charge in [-0.2, -0.15) is 0 Å². The molecule has 3 aromatic rings. The van der Waals surface area contributed by atoms with E-state index in [1.54, 1.807) is 17.2 Å². The molecule has 4 rings (SSSR count). The van der Waals surface area contributed by atoms with E-state index in [1.165, 1.54) is 24.8 Å². The Morgan fingerprint density at radius 1 is 0.970 bits per heavy atom. The normalized spacial score (nSPS) is 14.7. The standard InChI is InChI=1S/C28H34N2O3/c1-28(2,3)23-12-9-22(10-13-23)11-15-26(31)30(20-24-8-7-19-32-24)21-25-14-16-27(33-25)29-17-5-4-6-18-29/h7-16,19H,4-6,17-18,20-21H2,1-3H3/b15-11+. The number of anilines is 1. The van der Waals surface area contributed by atoms with Crippen LogP contribution in [0.3, 0.4) is 0 Å². The van der Waals surface area contributed by atoms with Gasteiger partial charge in [0.05, 0.1) is 19.4 Å². The fourth-order valence-electron chi connectivity index (χ4n) is 4.09. The zero-order valence-corrected chi connectivity index (χ0v) is 19.9. The fourth-order valence-corrected chi connectivity index (χ4v) is 4.09. The third-order valence-electron chi connectivity index (χ3n) is 6.10. The third-order valence-corrected chi connectivity index (χ3v) is 6.10. The predicted octanol–water partition coefficient (Wildman–Crippen LogP) is 6.40. The number of piperidine rings is 1. The molecule has 174 valence electrons. The summed E-state index contributed by atoms with van der Waals surface area (Å²) in [5.41, 5.74) is 2.38. The summed E-state index contributed by atoms with van der Waals surface area (Å²) in [6.45, 7) is 9.41. The van der Waals surface area contributed by atoms with Gasteiger partial charge >= 0.3 is 0 Å². The van der Waals surface area contributed by atoms with Gasteiger partial charge in [-0.05, 0) is 60.1 Å². The van der Waals surface area contributed by atoms with Crippen molar-refractivity contribution in [3.8, 4) is 0 Å². The maximum Gasteiger partial charge on any atom is 0.247 e. The van der Waals surface area contributed by atoms with E-state index in [-0.39, 0.29) is 11.3 Å². The monoisotopic (exact) mass is 446 g/mol. The summed E-state index contributed by atoms with van der Waals surface area (Å²) in [5, 5.41) is 0. The van der Waals surface area contributed by atoms with Crippen LogP contribution in [0.25, 0.3) is 6.08 Å². The van der Waals surface area contributed by atoms with E-state index < -0.39 is 0 Å². The highest BCUT2D eigenvalue weighted by atomic mass is 16.4. The molecule has 0 bridgehead atoms. The minimum absolute atomic E-state index is 0.0813. The average molecular weight is 447 g/mol. The molecule has 0 unspecified atom stereocenters. The van der Waals surface area contributed by atoms with Gasteiger partial charge in [0.1, 0.15) is 11.5 Å². The van der Waals surface area contributed by atoms with Crippen LogP contribution < -0.4 is 4.90 Å². The molecule has 5 heteroatoms. The van der Waals surface area contributed by atoms with Crippen molar-refractivity contribution < 1.29 is 13.6 Å². The molecule has 3 heterocycles. The van der Waals surface area contributed by atoms with Crippen molar-refractivity contribution in [1.82, 2.24) is 4.90 Å². The first-order valence-electron chi connectivity index (χ1n) is 11.8. The molecule has 1 saturated heterocycles. The summed E-state index contributed by atoms with van der Waals surface area (Å²) in [6.07, 6.45) is 8.79.